The minimum Gasteiger partial charge on any atom is -0.0958 e. The summed E-state index contributed by atoms with van der Waals surface area (Å²) in [6, 6.07) is 15.6. The van der Waals surface area contributed by atoms with Gasteiger partial charge >= 0.3 is 0 Å². The van der Waals surface area contributed by atoms with Crippen molar-refractivity contribution in [1.82, 2.24) is 0 Å². The molecule has 0 saturated carbocycles. The molecule has 0 heterocycles. The third kappa shape index (κ3) is 24.0. The van der Waals surface area contributed by atoms with Crippen molar-refractivity contribution in [3.8, 4) is 0 Å². The van der Waals surface area contributed by atoms with Crippen molar-refractivity contribution in [1.29, 1.82) is 0 Å². The molecule has 0 aliphatic rings. The molecule has 0 radical (unpaired) electrons. The van der Waals surface area contributed by atoms with E-state index < -0.39 is 0 Å². The van der Waals surface area contributed by atoms with Crippen LogP contribution in [0.15, 0.2) is 85.0 Å². The SMILES string of the molecule is C=C(C)/C(C)=C/C=C\C.C=C(c1ccc(C)c(C)c1)C(C)Cc1ccc(CC)cc1.CCC.CCCC.CCCCC. The molecule has 0 aliphatic carbocycles. The van der Waals surface area contributed by atoms with Crippen molar-refractivity contribution >= 4 is 5.57 Å². The molecule has 42 heavy (non-hydrogen) atoms. The molecule has 2 rings (SSSR count). The third-order valence-corrected chi connectivity index (χ3v) is 6.86. The minimum atomic E-state index is 0.458. The monoisotopic (exact) mass is 575 g/mol. The Kier molecular flexibility index (Phi) is 31.2. The second-order valence-electron chi connectivity index (χ2n) is 11.3. The van der Waals surface area contributed by atoms with E-state index in [-0.39, 0.29) is 0 Å². The molecule has 0 amide bonds. The first-order chi connectivity index (χ1) is 19.9. The molecular weight excluding hydrogens is 504 g/mol. The van der Waals surface area contributed by atoms with Crippen LogP contribution in [-0.2, 0) is 12.8 Å². The van der Waals surface area contributed by atoms with Crippen molar-refractivity contribution < 1.29 is 0 Å². The molecule has 2 aromatic rings. The zero-order chi connectivity index (χ0) is 32.9. The van der Waals surface area contributed by atoms with E-state index in [1.54, 1.807) is 0 Å². The van der Waals surface area contributed by atoms with Crippen LogP contribution in [0.25, 0.3) is 5.57 Å². The van der Waals surface area contributed by atoms with E-state index in [9.17, 15) is 0 Å². The summed E-state index contributed by atoms with van der Waals surface area (Å²) in [7, 11) is 0. The molecule has 0 fully saturated rings. The van der Waals surface area contributed by atoms with Crippen LogP contribution in [0.1, 0.15) is 143 Å². The Bertz CT molecular complexity index is 977. The fourth-order valence-electron chi connectivity index (χ4n) is 3.35. The number of hydrogen-bond acceptors (Lipinski definition) is 0. The fraction of sp³-hybridized carbons (Fsp3) is 0.524. The normalized spacial score (nSPS) is 10.9. The Morgan fingerprint density at radius 2 is 1.24 bits per heavy atom. The topological polar surface area (TPSA) is 0 Å². The maximum atomic E-state index is 4.33. The number of benzene rings is 2. The molecule has 0 N–H and O–H groups in total. The molecule has 2 aromatic carbocycles. The van der Waals surface area contributed by atoms with Crippen molar-refractivity contribution in [2.24, 2.45) is 5.92 Å². The zero-order valence-corrected chi connectivity index (χ0v) is 30.4. The molecule has 0 nitrogen and oxygen atoms in total. The number of aryl methyl sites for hydroxylation is 3. The number of allylic oxidation sites excluding steroid dienone is 6. The van der Waals surface area contributed by atoms with E-state index in [2.05, 4.69) is 138 Å². The van der Waals surface area contributed by atoms with Gasteiger partial charge in [0.1, 0.15) is 0 Å². The van der Waals surface area contributed by atoms with Crippen LogP contribution < -0.4 is 0 Å². The largest absolute Gasteiger partial charge is 0.0958 e. The third-order valence-electron chi connectivity index (χ3n) is 6.86. The maximum absolute atomic E-state index is 4.33. The minimum absolute atomic E-state index is 0.458. The Labute approximate surface area is 265 Å². The lowest BCUT2D eigenvalue weighted by Crippen LogP contribution is -2.03. The van der Waals surface area contributed by atoms with Gasteiger partial charge in [-0.15, -0.1) is 0 Å². The van der Waals surface area contributed by atoms with Gasteiger partial charge in [-0.25, -0.2) is 0 Å². The van der Waals surface area contributed by atoms with E-state index in [0.717, 1.165) is 18.4 Å². The Morgan fingerprint density at radius 3 is 1.60 bits per heavy atom. The van der Waals surface area contributed by atoms with Gasteiger partial charge in [0.2, 0.25) is 0 Å². The van der Waals surface area contributed by atoms with Crippen molar-refractivity contribution in [2.45, 2.75) is 141 Å². The zero-order valence-electron chi connectivity index (χ0n) is 30.4. The van der Waals surface area contributed by atoms with Gasteiger partial charge in [0.25, 0.3) is 0 Å². The van der Waals surface area contributed by atoms with Crippen LogP contribution in [0.4, 0.5) is 0 Å². The first kappa shape index (κ1) is 43.8. The Morgan fingerprint density at radius 1 is 0.738 bits per heavy atom. The maximum Gasteiger partial charge on any atom is -0.0150 e. The molecule has 0 aliphatic heterocycles. The smallest absolute Gasteiger partial charge is 0.0150 e. The second-order valence-corrected chi connectivity index (χ2v) is 11.3. The first-order valence-electron chi connectivity index (χ1n) is 16.7. The van der Waals surface area contributed by atoms with Crippen LogP contribution in [0.3, 0.4) is 0 Å². The summed E-state index contributed by atoms with van der Waals surface area (Å²) in [5, 5.41) is 0. The summed E-state index contributed by atoms with van der Waals surface area (Å²) in [6.07, 6.45) is 16.2. The van der Waals surface area contributed by atoms with Crippen molar-refractivity contribution in [2.75, 3.05) is 0 Å². The molecule has 0 saturated heterocycles. The molecular formula is C42H70. The van der Waals surface area contributed by atoms with Gasteiger partial charge in [0.15, 0.2) is 0 Å². The first-order valence-corrected chi connectivity index (χ1v) is 16.7. The number of unbranched alkanes of at least 4 members (excludes halogenated alkanes) is 3. The summed E-state index contributed by atoms with van der Waals surface area (Å²) in [5.74, 6) is 0.458. The standard InChI is InChI=1S/C21H26.C9H14.C5H12.C4H10.C3H8/c1-6-19-8-10-20(11-9-19)13-17(4)18(5)21-12-7-15(2)16(3)14-21;1-5-6-7-9(4)8(2)3;1-3-5-4-2;1-3-4-2;1-3-2/h7-12,14,17H,5-6,13H2,1-4H3;5-7H,2H2,1,3-4H3;3-5H2,1-2H3;3-4H2,1-2H3;3H2,1-2H3/b;6-5-,9-7+;;;. The highest BCUT2D eigenvalue weighted by Gasteiger charge is 2.10. The lowest BCUT2D eigenvalue weighted by Gasteiger charge is -2.16. The molecule has 238 valence electrons. The highest BCUT2D eigenvalue weighted by Crippen LogP contribution is 2.26. The van der Waals surface area contributed by atoms with Gasteiger partial charge in [-0.2, -0.15) is 0 Å². The molecule has 0 aromatic heterocycles. The van der Waals surface area contributed by atoms with Crippen LogP contribution in [0.5, 0.6) is 0 Å². The quantitative estimate of drug-likeness (QED) is 0.248. The van der Waals surface area contributed by atoms with Crippen LogP contribution in [-0.4, -0.2) is 0 Å². The van der Waals surface area contributed by atoms with Crippen LogP contribution in [0, 0.1) is 19.8 Å². The van der Waals surface area contributed by atoms with Gasteiger partial charge in [-0.05, 0) is 92.3 Å². The summed E-state index contributed by atoms with van der Waals surface area (Å²) < 4.78 is 0. The lowest BCUT2D eigenvalue weighted by atomic mass is 9.88. The van der Waals surface area contributed by atoms with Gasteiger partial charge in [-0.1, -0.05) is 173 Å². The van der Waals surface area contributed by atoms with E-state index >= 15 is 0 Å². The van der Waals surface area contributed by atoms with Crippen molar-refractivity contribution in [3.05, 3.63) is 113 Å². The highest BCUT2D eigenvalue weighted by atomic mass is 14.2. The lowest BCUT2D eigenvalue weighted by molar-refractivity contribution is 0.745. The average molecular weight is 575 g/mol. The summed E-state index contributed by atoms with van der Waals surface area (Å²) in [4.78, 5) is 0. The van der Waals surface area contributed by atoms with Crippen LogP contribution >= 0.6 is 0 Å². The predicted octanol–water partition coefficient (Wildman–Crippen LogP) is 14.3. The summed E-state index contributed by atoms with van der Waals surface area (Å²) in [5.41, 5.74) is 10.4. The van der Waals surface area contributed by atoms with Crippen LogP contribution in [0.2, 0.25) is 0 Å². The van der Waals surface area contributed by atoms with E-state index in [1.165, 1.54) is 77.5 Å². The molecule has 0 heteroatoms. The Balaban J connectivity index is -0.000000596. The molecule has 1 atom stereocenters. The van der Waals surface area contributed by atoms with Crippen molar-refractivity contribution in [3.63, 3.8) is 0 Å². The van der Waals surface area contributed by atoms with E-state index in [4.69, 9.17) is 0 Å². The summed E-state index contributed by atoms with van der Waals surface area (Å²) in [6.45, 7) is 36.0. The van der Waals surface area contributed by atoms with Gasteiger partial charge in [-0.3, -0.25) is 0 Å². The Hall–Kier alpha value is -2.60. The van der Waals surface area contributed by atoms with Gasteiger partial charge < -0.3 is 0 Å². The molecule has 0 spiro atoms. The fourth-order valence-corrected chi connectivity index (χ4v) is 3.35. The second kappa shape index (κ2) is 29.9. The predicted molar refractivity (Wildman–Crippen MR) is 199 cm³/mol. The average Bonchev–Trinajstić information content (AvgIpc) is 2.98. The number of rotatable bonds is 10. The van der Waals surface area contributed by atoms with E-state index in [0.29, 0.717) is 5.92 Å². The molecule has 0 bridgehead atoms. The van der Waals surface area contributed by atoms with Gasteiger partial charge in [0, 0.05) is 0 Å². The summed E-state index contributed by atoms with van der Waals surface area (Å²) >= 11 is 0. The van der Waals surface area contributed by atoms with E-state index in [1.807, 2.05) is 26.0 Å². The molecule has 1 unspecified atom stereocenters. The number of hydrogen-bond donors (Lipinski definition) is 0. The van der Waals surface area contributed by atoms with Gasteiger partial charge in [0.05, 0.1) is 0 Å². The highest BCUT2D eigenvalue weighted by molar-refractivity contribution is 5.66.